The van der Waals surface area contributed by atoms with Gasteiger partial charge in [0.1, 0.15) is 5.75 Å². The summed E-state index contributed by atoms with van der Waals surface area (Å²) in [5.41, 5.74) is 0.604. The van der Waals surface area contributed by atoms with E-state index in [0.717, 1.165) is 18.4 Å². The van der Waals surface area contributed by atoms with Crippen molar-refractivity contribution in [1.29, 1.82) is 0 Å². The van der Waals surface area contributed by atoms with E-state index in [2.05, 4.69) is 10.1 Å². The lowest BCUT2D eigenvalue weighted by Crippen LogP contribution is -2.42. The first kappa shape index (κ1) is 14.7. The van der Waals surface area contributed by atoms with Crippen LogP contribution in [0.4, 0.5) is 13.2 Å². The number of ether oxygens (including phenoxy) is 1. The molecule has 1 aromatic carbocycles. The number of halogens is 3. The molecule has 1 heterocycles. The fourth-order valence-electron chi connectivity index (χ4n) is 2.50. The fraction of sp³-hybridized carbons (Fsp3) is 0.500. The van der Waals surface area contributed by atoms with Crippen molar-refractivity contribution in [3.8, 4) is 5.75 Å². The maximum atomic E-state index is 12.1. The van der Waals surface area contributed by atoms with Gasteiger partial charge in [-0.2, -0.15) is 0 Å². The molecule has 2 rings (SSSR count). The van der Waals surface area contributed by atoms with Crippen molar-refractivity contribution in [2.24, 2.45) is 0 Å². The molecule has 1 aliphatic rings. The zero-order valence-electron chi connectivity index (χ0n) is 11.1. The molecule has 3 nitrogen and oxygen atoms in total. The highest BCUT2D eigenvalue weighted by molar-refractivity contribution is 5.79. The van der Waals surface area contributed by atoms with Gasteiger partial charge in [-0.05, 0) is 37.0 Å². The van der Waals surface area contributed by atoms with Crippen molar-refractivity contribution in [3.63, 3.8) is 0 Å². The molecule has 1 N–H and O–H groups in total. The Hall–Kier alpha value is -1.72. The van der Waals surface area contributed by atoms with Crippen molar-refractivity contribution >= 4 is 5.91 Å². The topological polar surface area (TPSA) is 38.3 Å². The quantitative estimate of drug-likeness (QED) is 0.923. The number of carbonyl (C=O) groups is 1. The van der Waals surface area contributed by atoms with Gasteiger partial charge in [0.05, 0.1) is 0 Å². The van der Waals surface area contributed by atoms with Crippen LogP contribution in [0.5, 0.6) is 5.75 Å². The van der Waals surface area contributed by atoms with E-state index in [0.29, 0.717) is 12.8 Å². The molecule has 0 aliphatic carbocycles. The molecule has 1 atom stereocenters. The summed E-state index contributed by atoms with van der Waals surface area (Å²) in [6.07, 6.45) is -2.01. The van der Waals surface area contributed by atoms with Crippen LogP contribution >= 0.6 is 0 Å². The van der Waals surface area contributed by atoms with E-state index in [1.807, 2.05) is 6.92 Å². The monoisotopic (exact) mass is 287 g/mol. The zero-order chi connectivity index (χ0) is 14.8. The molecule has 0 radical (unpaired) electrons. The summed E-state index contributed by atoms with van der Waals surface area (Å²) in [7, 11) is 0. The van der Waals surface area contributed by atoms with Crippen LogP contribution in [-0.4, -0.2) is 17.8 Å². The summed E-state index contributed by atoms with van der Waals surface area (Å²) in [6, 6.07) is 5.79. The number of amides is 1. The van der Waals surface area contributed by atoms with Gasteiger partial charge in [0.25, 0.3) is 0 Å². The summed E-state index contributed by atoms with van der Waals surface area (Å²) in [6.45, 7) is 1.99. The zero-order valence-corrected chi connectivity index (χ0v) is 11.1. The Bertz CT molecular complexity index is 484. The maximum absolute atomic E-state index is 12.1. The van der Waals surface area contributed by atoms with Gasteiger partial charge in [-0.25, -0.2) is 0 Å². The summed E-state index contributed by atoms with van der Waals surface area (Å²) in [5, 5.41) is 2.97. The molecule has 0 spiro atoms. The Morgan fingerprint density at radius 1 is 1.30 bits per heavy atom. The van der Waals surface area contributed by atoms with Gasteiger partial charge in [-0.15, -0.1) is 13.2 Å². The minimum atomic E-state index is -4.68. The van der Waals surface area contributed by atoms with Crippen molar-refractivity contribution in [1.82, 2.24) is 5.32 Å². The van der Waals surface area contributed by atoms with E-state index in [1.165, 1.54) is 12.1 Å². The molecular formula is C14H16F3NO2. The van der Waals surface area contributed by atoms with Crippen LogP contribution in [0.15, 0.2) is 24.3 Å². The van der Waals surface area contributed by atoms with E-state index >= 15 is 0 Å². The molecule has 0 aromatic heterocycles. The van der Waals surface area contributed by atoms with E-state index in [-0.39, 0.29) is 17.2 Å². The first-order valence-corrected chi connectivity index (χ1v) is 6.48. The highest BCUT2D eigenvalue weighted by Gasteiger charge is 2.36. The second kappa shape index (κ2) is 5.34. The Kier molecular flexibility index (Phi) is 3.92. The Labute approximate surface area is 115 Å². The van der Waals surface area contributed by atoms with Crippen LogP contribution in [0.25, 0.3) is 0 Å². The highest BCUT2D eigenvalue weighted by atomic mass is 19.4. The lowest BCUT2D eigenvalue weighted by atomic mass is 9.87. The molecule has 0 bridgehead atoms. The van der Waals surface area contributed by atoms with Crippen molar-refractivity contribution in [2.75, 3.05) is 0 Å². The lowest BCUT2D eigenvalue weighted by Gasteiger charge is -2.28. The summed E-state index contributed by atoms with van der Waals surface area (Å²) in [4.78, 5) is 11.4. The van der Waals surface area contributed by atoms with Crippen LogP contribution in [0.1, 0.15) is 31.7 Å². The normalized spacial score (nSPS) is 22.7. The minimum absolute atomic E-state index is 0.0314. The average molecular weight is 287 g/mol. The average Bonchev–Trinajstić information content (AvgIpc) is 2.72. The maximum Gasteiger partial charge on any atom is 0.573 e. The van der Waals surface area contributed by atoms with Crippen LogP contribution in [-0.2, 0) is 11.2 Å². The smallest absolute Gasteiger partial charge is 0.406 e. The molecule has 1 amide bonds. The number of carbonyl (C=O) groups excluding carboxylic acids is 1. The Balaban J connectivity index is 2.05. The number of alkyl halides is 3. The molecule has 1 saturated heterocycles. The van der Waals surface area contributed by atoms with Gasteiger partial charge in [0.15, 0.2) is 0 Å². The molecule has 1 unspecified atom stereocenters. The molecule has 1 fully saturated rings. The second-order valence-electron chi connectivity index (χ2n) is 5.05. The number of benzene rings is 1. The van der Waals surface area contributed by atoms with Gasteiger partial charge in [0, 0.05) is 12.0 Å². The lowest BCUT2D eigenvalue weighted by molar-refractivity contribution is -0.274. The first-order chi connectivity index (χ1) is 9.32. The molecule has 6 heteroatoms. The number of nitrogens with one attached hydrogen (secondary N) is 1. The summed E-state index contributed by atoms with van der Waals surface area (Å²) in [5.74, 6) is -0.203. The Morgan fingerprint density at radius 2 is 1.95 bits per heavy atom. The predicted octanol–water partition coefficient (Wildman–Crippen LogP) is 3.19. The van der Waals surface area contributed by atoms with Crippen LogP contribution in [0.3, 0.4) is 0 Å². The third-order valence-corrected chi connectivity index (χ3v) is 3.61. The molecule has 0 saturated carbocycles. The fourth-order valence-corrected chi connectivity index (χ4v) is 2.50. The van der Waals surface area contributed by atoms with Gasteiger partial charge >= 0.3 is 6.36 Å². The van der Waals surface area contributed by atoms with Crippen molar-refractivity contribution in [3.05, 3.63) is 29.8 Å². The first-order valence-electron chi connectivity index (χ1n) is 6.48. The summed E-state index contributed by atoms with van der Waals surface area (Å²) < 4.78 is 40.0. The molecule has 1 aliphatic heterocycles. The van der Waals surface area contributed by atoms with Gasteiger partial charge in [-0.1, -0.05) is 19.1 Å². The highest BCUT2D eigenvalue weighted by Crippen LogP contribution is 2.29. The van der Waals surface area contributed by atoms with Crippen LogP contribution in [0.2, 0.25) is 0 Å². The van der Waals surface area contributed by atoms with Crippen molar-refractivity contribution in [2.45, 2.75) is 44.5 Å². The third-order valence-electron chi connectivity index (χ3n) is 3.61. The van der Waals surface area contributed by atoms with E-state index in [9.17, 15) is 18.0 Å². The van der Waals surface area contributed by atoms with Gasteiger partial charge in [0.2, 0.25) is 5.91 Å². The predicted molar refractivity (Wildman–Crippen MR) is 67.2 cm³/mol. The van der Waals surface area contributed by atoms with Gasteiger partial charge < -0.3 is 10.1 Å². The third kappa shape index (κ3) is 3.65. The largest absolute Gasteiger partial charge is 0.573 e. The number of hydrogen-bond donors (Lipinski definition) is 1. The number of rotatable bonds is 4. The van der Waals surface area contributed by atoms with E-state index in [1.54, 1.807) is 12.1 Å². The van der Waals surface area contributed by atoms with E-state index < -0.39 is 6.36 Å². The van der Waals surface area contributed by atoms with Gasteiger partial charge in [-0.3, -0.25) is 4.79 Å². The molecule has 1 aromatic rings. The SMILES string of the molecule is CCC1(Cc2ccc(OC(F)(F)F)cc2)CCC(=O)N1. The number of hydrogen-bond acceptors (Lipinski definition) is 2. The van der Waals surface area contributed by atoms with Crippen LogP contribution in [0, 0.1) is 0 Å². The molecular weight excluding hydrogens is 271 g/mol. The van der Waals surface area contributed by atoms with E-state index in [4.69, 9.17) is 0 Å². The minimum Gasteiger partial charge on any atom is -0.406 e. The Morgan fingerprint density at radius 3 is 2.40 bits per heavy atom. The second-order valence-corrected chi connectivity index (χ2v) is 5.05. The molecule has 110 valence electrons. The van der Waals surface area contributed by atoms with Crippen molar-refractivity contribution < 1.29 is 22.7 Å². The standard InChI is InChI=1S/C14H16F3NO2/c1-2-13(8-7-12(19)18-13)9-10-3-5-11(6-4-10)20-14(15,16)17/h3-6H,2,7-9H2,1H3,(H,18,19). The van der Waals surface area contributed by atoms with Crippen LogP contribution < -0.4 is 10.1 Å². The molecule has 20 heavy (non-hydrogen) atoms. The summed E-state index contributed by atoms with van der Waals surface area (Å²) >= 11 is 0.